The van der Waals surface area contributed by atoms with Crippen LogP contribution in [0.15, 0.2) is 16.9 Å². The summed E-state index contributed by atoms with van der Waals surface area (Å²) in [7, 11) is 0. The molecule has 0 unspecified atom stereocenters. The van der Waals surface area contributed by atoms with Gasteiger partial charge in [-0.1, -0.05) is 38.5 Å². The van der Waals surface area contributed by atoms with Gasteiger partial charge in [-0.3, -0.25) is 9.59 Å². The monoisotopic (exact) mass is 303 g/mol. The van der Waals surface area contributed by atoms with Crippen LogP contribution < -0.4 is 5.56 Å². The summed E-state index contributed by atoms with van der Waals surface area (Å²) >= 11 is 0. The first-order valence-corrected chi connectivity index (χ1v) is 8.64. The maximum Gasteiger partial charge on any atom is 0.274 e. The van der Waals surface area contributed by atoms with Crippen molar-refractivity contribution in [2.75, 3.05) is 0 Å². The lowest BCUT2D eigenvalue weighted by Crippen LogP contribution is -2.49. The first kappa shape index (κ1) is 15.3. The molecule has 0 aromatic carbocycles. The first-order chi connectivity index (χ1) is 10.8. The molecule has 0 bridgehead atoms. The van der Waals surface area contributed by atoms with Crippen molar-refractivity contribution in [2.24, 2.45) is 0 Å². The SMILES string of the molecule is O=C(c1ccc(=O)[nH]n1)N(C1CCCCC1)C1CCCCC1. The molecule has 120 valence electrons. The van der Waals surface area contributed by atoms with E-state index in [-0.39, 0.29) is 11.5 Å². The van der Waals surface area contributed by atoms with Crippen LogP contribution >= 0.6 is 0 Å². The van der Waals surface area contributed by atoms with Crippen LogP contribution in [-0.2, 0) is 0 Å². The summed E-state index contributed by atoms with van der Waals surface area (Å²) < 4.78 is 0. The van der Waals surface area contributed by atoms with Gasteiger partial charge in [-0.15, -0.1) is 0 Å². The summed E-state index contributed by atoms with van der Waals surface area (Å²) in [6.45, 7) is 0. The van der Waals surface area contributed by atoms with E-state index in [0.717, 1.165) is 25.7 Å². The fourth-order valence-electron chi connectivity index (χ4n) is 3.94. The Kier molecular flexibility index (Phi) is 4.90. The minimum absolute atomic E-state index is 0.00458. The smallest absolute Gasteiger partial charge is 0.274 e. The van der Waals surface area contributed by atoms with E-state index in [1.54, 1.807) is 6.07 Å². The van der Waals surface area contributed by atoms with Crippen LogP contribution in [0, 0.1) is 0 Å². The number of hydrogen-bond acceptors (Lipinski definition) is 3. The van der Waals surface area contributed by atoms with Gasteiger partial charge in [-0.2, -0.15) is 5.10 Å². The van der Waals surface area contributed by atoms with Crippen molar-refractivity contribution in [1.29, 1.82) is 0 Å². The predicted octanol–water partition coefficient (Wildman–Crippen LogP) is 2.88. The lowest BCUT2D eigenvalue weighted by atomic mass is 9.88. The van der Waals surface area contributed by atoms with Crippen LogP contribution in [0.3, 0.4) is 0 Å². The van der Waals surface area contributed by atoms with Crippen molar-refractivity contribution in [3.05, 3.63) is 28.2 Å². The molecule has 0 spiro atoms. The standard InChI is InChI=1S/C17H25N3O2/c21-16-12-11-15(18-19-16)17(22)20(13-7-3-1-4-8-13)14-9-5-2-6-10-14/h11-14H,1-10H2,(H,19,21). The molecule has 1 N–H and O–H groups in total. The van der Waals surface area contributed by atoms with E-state index in [1.807, 2.05) is 0 Å². The molecule has 0 atom stereocenters. The van der Waals surface area contributed by atoms with Gasteiger partial charge >= 0.3 is 0 Å². The van der Waals surface area contributed by atoms with Crippen LogP contribution in [0.2, 0.25) is 0 Å². The van der Waals surface area contributed by atoms with Crippen LogP contribution in [-0.4, -0.2) is 33.1 Å². The summed E-state index contributed by atoms with van der Waals surface area (Å²) in [5.41, 5.74) is 0.106. The second-order valence-corrected chi connectivity index (χ2v) is 6.60. The highest BCUT2D eigenvalue weighted by molar-refractivity contribution is 5.92. The molecule has 22 heavy (non-hydrogen) atoms. The minimum Gasteiger partial charge on any atom is -0.331 e. The number of carbonyl (C=O) groups is 1. The van der Waals surface area contributed by atoms with Gasteiger partial charge in [0.1, 0.15) is 5.69 Å². The largest absolute Gasteiger partial charge is 0.331 e. The zero-order valence-electron chi connectivity index (χ0n) is 13.1. The van der Waals surface area contributed by atoms with Gasteiger partial charge in [0.05, 0.1) is 0 Å². The van der Waals surface area contributed by atoms with Crippen molar-refractivity contribution in [2.45, 2.75) is 76.3 Å². The predicted molar refractivity (Wildman–Crippen MR) is 84.8 cm³/mol. The fourth-order valence-corrected chi connectivity index (χ4v) is 3.94. The molecular formula is C17H25N3O2. The molecule has 2 aliphatic carbocycles. The molecule has 5 nitrogen and oxygen atoms in total. The highest BCUT2D eigenvalue weighted by Gasteiger charge is 2.33. The number of nitrogens with zero attached hydrogens (tertiary/aromatic N) is 2. The molecule has 1 heterocycles. The highest BCUT2D eigenvalue weighted by Crippen LogP contribution is 2.31. The number of carbonyl (C=O) groups excluding carboxylic acids is 1. The summed E-state index contributed by atoms with van der Waals surface area (Å²) in [6, 6.07) is 3.64. The van der Waals surface area contributed by atoms with Gasteiger partial charge in [0.25, 0.3) is 11.5 Å². The molecule has 0 saturated heterocycles. The molecule has 1 amide bonds. The third kappa shape index (κ3) is 3.39. The fraction of sp³-hybridized carbons (Fsp3) is 0.706. The van der Waals surface area contributed by atoms with Crippen molar-refractivity contribution in [3.63, 3.8) is 0 Å². The Hall–Kier alpha value is -1.65. The van der Waals surface area contributed by atoms with Crippen molar-refractivity contribution >= 4 is 5.91 Å². The van der Waals surface area contributed by atoms with Crippen LogP contribution in [0.1, 0.15) is 74.7 Å². The van der Waals surface area contributed by atoms with Gasteiger partial charge < -0.3 is 4.90 Å². The van der Waals surface area contributed by atoms with Gasteiger partial charge in [0.2, 0.25) is 0 Å². The van der Waals surface area contributed by atoms with Gasteiger partial charge in [-0.05, 0) is 31.7 Å². The van der Waals surface area contributed by atoms with E-state index in [9.17, 15) is 9.59 Å². The Morgan fingerprint density at radius 1 is 0.955 bits per heavy atom. The normalized spacial score (nSPS) is 20.7. The van der Waals surface area contributed by atoms with E-state index in [2.05, 4.69) is 15.1 Å². The quantitative estimate of drug-likeness (QED) is 0.933. The highest BCUT2D eigenvalue weighted by atomic mass is 16.2. The van der Waals surface area contributed by atoms with E-state index in [4.69, 9.17) is 0 Å². The second-order valence-electron chi connectivity index (χ2n) is 6.60. The Balaban J connectivity index is 1.84. The van der Waals surface area contributed by atoms with E-state index < -0.39 is 0 Å². The molecule has 0 aliphatic heterocycles. The second kappa shape index (κ2) is 7.07. The number of aromatic amines is 1. The zero-order chi connectivity index (χ0) is 15.4. The maximum atomic E-state index is 13.0. The third-order valence-electron chi connectivity index (χ3n) is 5.07. The summed E-state index contributed by atoms with van der Waals surface area (Å²) in [4.78, 5) is 26.3. The van der Waals surface area contributed by atoms with Crippen LogP contribution in [0.4, 0.5) is 0 Å². The average molecular weight is 303 g/mol. The van der Waals surface area contributed by atoms with E-state index in [1.165, 1.54) is 44.6 Å². The molecule has 1 aromatic rings. The number of amides is 1. The minimum atomic E-state index is -0.265. The van der Waals surface area contributed by atoms with Crippen LogP contribution in [0.25, 0.3) is 0 Å². The first-order valence-electron chi connectivity index (χ1n) is 8.64. The summed E-state index contributed by atoms with van der Waals surface area (Å²) in [6.07, 6.45) is 11.8. The lowest BCUT2D eigenvalue weighted by molar-refractivity contribution is 0.0441. The topological polar surface area (TPSA) is 66.1 Å². The van der Waals surface area contributed by atoms with E-state index >= 15 is 0 Å². The molecule has 5 heteroatoms. The number of hydrogen-bond donors (Lipinski definition) is 1. The third-order valence-corrected chi connectivity index (χ3v) is 5.07. The Labute approximate surface area is 131 Å². The van der Waals surface area contributed by atoms with Crippen molar-refractivity contribution < 1.29 is 4.79 Å². The van der Waals surface area contributed by atoms with Crippen LogP contribution in [0.5, 0.6) is 0 Å². The molecule has 3 rings (SSSR count). The average Bonchev–Trinajstić information content (AvgIpc) is 2.57. The Morgan fingerprint density at radius 2 is 1.50 bits per heavy atom. The Morgan fingerprint density at radius 3 is 1.95 bits per heavy atom. The molecule has 2 aliphatic rings. The number of rotatable bonds is 3. The molecule has 1 aromatic heterocycles. The maximum absolute atomic E-state index is 13.0. The van der Waals surface area contributed by atoms with Gasteiger partial charge in [0.15, 0.2) is 0 Å². The Bertz CT molecular complexity index is 519. The summed E-state index contributed by atoms with van der Waals surface area (Å²) in [5.74, 6) is -0.00458. The van der Waals surface area contributed by atoms with Crippen molar-refractivity contribution in [3.8, 4) is 0 Å². The molecule has 2 saturated carbocycles. The van der Waals surface area contributed by atoms with Crippen molar-refractivity contribution in [1.82, 2.24) is 15.1 Å². The molecule has 2 fully saturated rings. The lowest BCUT2D eigenvalue weighted by Gasteiger charge is -2.41. The van der Waals surface area contributed by atoms with Gasteiger partial charge in [-0.25, -0.2) is 5.10 Å². The molecular weight excluding hydrogens is 278 g/mol. The molecule has 0 radical (unpaired) electrons. The zero-order valence-corrected chi connectivity index (χ0v) is 13.1. The number of nitrogens with one attached hydrogen (secondary N) is 1. The summed E-state index contributed by atoms with van der Waals surface area (Å²) in [5, 5.41) is 6.35. The van der Waals surface area contributed by atoms with E-state index in [0.29, 0.717) is 17.8 Å². The number of H-pyrrole nitrogens is 1. The number of aromatic nitrogens is 2. The van der Waals surface area contributed by atoms with Gasteiger partial charge in [0, 0.05) is 18.2 Å².